The van der Waals surface area contributed by atoms with Gasteiger partial charge in [-0.05, 0) is 13.8 Å². The average Bonchev–Trinajstić information content (AvgIpc) is 2.67. The molecule has 0 radical (unpaired) electrons. The molecule has 0 saturated heterocycles. The van der Waals surface area contributed by atoms with Crippen LogP contribution in [0.3, 0.4) is 0 Å². The summed E-state index contributed by atoms with van der Waals surface area (Å²) in [7, 11) is 0. The van der Waals surface area contributed by atoms with E-state index < -0.39 is 11.5 Å². The number of aromatic nitrogens is 1. The lowest BCUT2D eigenvalue weighted by Gasteiger charge is -2.20. The van der Waals surface area contributed by atoms with Gasteiger partial charge in [-0.3, -0.25) is 14.9 Å². The second-order valence-corrected chi connectivity index (χ2v) is 4.56. The molecule has 0 aliphatic carbocycles. The van der Waals surface area contributed by atoms with Gasteiger partial charge < -0.3 is 10.4 Å². The topological polar surface area (TPSA) is 91.3 Å². The van der Waals surface area contributed by atoms with E-state index in [1.165, 1.54) is 25.2 Å². The summed E-state index contributed by atoms with van der Waals surface area (Å²) < 4.78 is 0. The highest BCUT2D eigenvalue weighted by molar-refractivity contribution is 7.13. The van der Waals surface area contributed by atoms with Crippen LogP contribution in [0.15, 0.2) is 11.6 Å². The third-order valence-corrected chi connectivity index (χ3v) is 2.59. The minimum absolute atomic E-state index is 0.0706. The monoisotopic (exact) mass is 243 g/mol. The van der Waals surface area contributed by atoms with Crippen molar-refractivity contribution in [3.05, 3.63) is 11.6 Å². The number of carbonyl (C=O) groups excluding carboxylic acids is 1. The highest BCUT2D eigenvalue weighted by atomic mass is 32.1. The summed E-state index contributed by atoms with van der Waals surface area (Å²) in [5.41, 5.74) is -1.12. The van der Waals surface area contributed by atoms with Gasteiger partial charge in [0, 0.05) is 11.6 Å². The van der Waals surface area contributed by atoms with Crippen molar-refractivity contribution in [2.24, 2.45) is 0 Å². The van der Waals surface area contributed by atoms with Crippen molar-refractivity contribution >= 4 is 28.3 Å². The molecule has 0 aliphatic rings. The first-order chi connectivity index (χ1) is 7.42. The maximum absolute atomic E-state index is 11.4. The van der Waals surface area contributed by atoms with E-state index in [0.29, 0.717) is 5.13 Å². The van der Waals surface area contributed by atoms with E-state index >= 15 is 0 Å². The molecule has 0 atom stereocenters. The molecule has 1 rings (SSSR count). The normalized spacial score (nSPS) is 11.1. The van der Waals surface area contributed by atoms with E-state index in [4.69, 9.17) is 5.11 Å². The van der Waals surface area contributed by atoms with Crippen molar-refractivity contribution in [3.63, 3.8) is 0 Å². The lowest BCUT2D eigenvalue weighted by Crippen LogP contribution is -2.49. The number of nitrogens with zero attached hydrogens (tertiary/aromatic N) is 1. The molecular formula is C9H13N3O3S. The van der Waals surface area contributed by atoms with Gasteiger partial charge in [0.15, 0.2) is 5.13 Å². The van der Waals surface area contributed by atoms with Crippen molar-refractivity contribution in [1.29, 1.82) is 0 Å². The highest BCUT2D eigenvalue weighted by Crippen LogP contribution is 2.09. The Kier molecular flexibility index (Phi) is 3.97. The van der Waals surface area contributed by atoms with Gasteiger partial charge in [-0.1, -0.05) is 0 Å². The van der Waals surface area contributed by atoms with Crippen molar-refractivity contribution < 1.29 is 14.7 Å². The number of aliphatic carboxylic acids is 1. The summed E-state index contributed by atoms with van der Waals surface area (Å²) in [6, 6.07) is 0. The molecule has 0 unspecified atom stereocenters. The highest BCUT2D eigenvalue weighted by Gasteiger charge is 2.26. The van der Waals surface area contributed by atoms with Gasteiger partial charge in [-0.2, -0.15) is 0 Å². The summed E-state index contributed by atoms with van der Waals surface area (Å²) in [6.45, 7) is 2.91. The summed E-state index contributed by atoms with van der Waals surface area (Å²) in [6.07, 6.45) is 1.58. The molecule has 16 heavy (non-hydrogen) atoms. The van der Waals surface area contributed by atoms with Crippen LogP contribution in [-0.2, 0) is 9.59 Å². The predicted octanol–water partition coefficient (Wildman–Crippen LogP) is 0.534. The molecule has 6 nitrogen and oxygen atoms in total. The molecule has 1 aromatic rings. The summed E-state index contributed by atoms with van der Waals surface area (Å²) in [5.74, 6) is -1.32. The first kappa shape index (κ1) is 12.6. The van der Waals surface area contributed by atoms with Crippen LogP contribution in [0.5, 0.6) is 0 Å². The zero-order valence-corrected chi connectivity index (χ0v) is 9.80. The Hall–Kier alpha value is -1.47. The van der Waals surface area contributed by atoms with Crippen molar-refractivity contribution in [2.75, 3.05) is 11.9 Å². The van der Waals surface area contributed by atoms with Crippen LogP contribution < -0.4 is 10.6 Å². The molecule has 0 saturated carbocycles. The van der Waals surface area contributed by atoms with Crippen LogP contribution >= 0.6 is 11.3 Å². The van der Waals surface area contributed by atoms with Crippen LogP contribution in [0, 0.1) is 0 Å². The number of anilines is 1. The molecule has 0 aliphatic heterocycles. The molecule has 1 amide bonds. The molecule has 0 aromatic carbocycles. The fourth-order valence-electron chi connectivity index (χ4n) is 0.825. The smallest absolute Gasteiger partial charge is 0.323 e. The zero-order chi connectivity index (χ0) is 12.2. The van der Waals surface area contributed by atoms with Crippen LogP contribution in [0.1, 0.15) is 13.8 Å². The number of carboxylic acid groups (broad SMARTS) is 1. The molecule has 1 heterocycles. The maximum Gasteiger partial charge on any atom is 0.323 e. The van der Waals surface area contributed by atoms with E-state index in [-0.39, 0.29) is 12.5 Å². The molecule has 1 aromatic heterocycles. The Labute approximate surface area is 96.7 Å². The predicted molar refractivity (Wildman–Crippen MR) is 60.5 cm³/mol. The first-order valence-electron chi connectivity index (χ1n) is 4.59. The minimum atomic E-state index is -1.12. The molecule has 0 fully saturated rings. The van der Waals surface area contributed by atoms with Crippen LogP contribution in [0.4, 0.5) is 5.13 Å². The molecule has 0 bridgehead atoms. The molecule has 88 valence electrons. The summed E-state index contributed by atoms with van der Waals surface area (Å²) in [5, 5.41) is 16.2. The number of carbonyl (C=O) groups is 2. The van der Waals surface area contributed by atoms with Crippen molar-refractivity contribution in [1.82, 2.24) is 10.3 Å². The first-order valence-corrected chi connectivity index (χ1v) is 5.47. The second-order valence-electron chi connectivity index (χ2n) is 3.67. The van der Waals surface area contributed by atoms with E-state index in [1.54, 1.807) is 11.6 Å². The lowest BCUT2D eigenvalue weighted by atomic mass is 10.1. The second kappa shape index (κ2) is 5.04. The number of hydrogen-bond donors (Lipinski definition) is 3. The number of thiazole rings is 1. The summed E-state index contributed by atoms with van der Waals surface area (Å²) in [4.78, 5) is 26.0. The number of rotatable bonds is 5. The average molecular weight is 243 g/mol. The third-order valence-electron chi connectivity index (χ3n) is 1.90. The van der Waals surface area contributed by atoms with Crippen LogP contribution in [0.2, 0.25) is 0 Å². The Morgan fingerprint density at radius 3 is 2.75 bits per heavy atom. The largest absolute Gasteiger partial charge is 0.480 e. The van der Waals surface area contributed by atoms with Gasteiger partial charge in [0.05, 0.1) is 6.54 Å². The lowest BCUT2D eigenvalue weighted by molar-refractivity contribution is -0.143. The molecule has 7 heteroatoms. The van der Waals surface area contributed by atoms with Gasteiger partial charge in [-0.25, -0.2) is 4.98 Å². The molecule has 3 N–H and O–H groups in total. The Bertz CT molecular complexity index is 375. The minimum Gasteiger partial charge on any atom is -0.480 e. The Morgan fingerprint density at radius 2 is 2.25 bits per heavy atom. The van der Waals surface area contributed by atoms with E-state index in [1.807, 2.05) is 0 Å². The fourth-order valence-corrected chi connectivity index (χ4v) is 1.37. The van der Waals surface area contributed by atoms with Gasteiger partial charge >= 0.3 is 5.97 Å². The Morgan fingerprint density at radius 1 is 1.56 bits per heavy atom. The van der Waals surface area contributed by atoms with E-state index in [0.717, 1.165) is 0 Å². The number of carboxylic acids is 1. The summed E-state index contributed by atoms with van der Waals surface area (Å²) >= 11 is 1.30. The quantitative estimate of drug-likeness (QED) is 0.702. The maximum atomic E-state index is 11.4. The third kappa shape index (κ3) is 3.59. The number of hydrogen-bond acceptors (Lipinski definition) is 5. The van der Waals surface area contributed by atoms with Gasteiger partial charge in [0.1, 0.15) is 5.54 Å². The number of nitrogens with one attached hydrogen (secondary N) is 2. The zero-order valence-electron chi connectivity index (χ0n) is 8.98. The van der Waals surface area contributed by atoms with Crippen LogP contribution in [-0.4, -0.2) is 34.1 Å². The Balaban J connectivity index is 2.39. The SMILES string of the molecule is CC(C)(NCC(=O)Nc1nccs1)C(=O)O. The van der Waals surface area contributed by atoms with Gasteiger partial charge in [0.25, 0.3) is 0 Å². The van der Waals surface area contributed by atoms with Crippen molar-refractivity contribution in [3.8, 4) is 0 Å². The van der Waals surface area contributed by atoms with E-state index in [2.05, 4.69) is 15.6 Å². The molecular weight excluding hydrogens is 230 g/mol. The number of amides is 1. The standard InChI is InChI=1S/C9H13N3O3S/c1-9(2,7(14)15)11-5-6(13)12-8-10-3-4-16-8/h3-4,11H,5H2,1-2H3,(H,14,15)(H,10,12,13). The van der Waals surface area contributed by atoms with E-state index in [9.17, 15) is 9.59 Å². The van der Waals surface area contributed by atoms with Crippen molar-refractivity contribution in [2.45, 2.75) is 19.4 Å². The van der Waals surface area contributed by atoms with Gasteiger partial charge in [-0.15, -0.1) is 11.3 Å². The van der Waals surface area contributed by atoms with Crippen LogP contribution in [0.25, 0.3) is 0 Å². The molecule has 0 spiro atoms. The fraction of sp³-hybridized carbons (Fsp3) is 0.444. The van der Waals surface area contributed by atoms with Gasteiger partial charge in [0.2, 0.25) is 5.91 Å².